The standard InChI is InChI=1S/C15H23NO3S/c1-11(12-7-4-5-9-14(12)19-2)16-13-8-6-10-15(13)20(3,17)18/h4-5,7,9,11,13,15-16H,6,8,10H2,1-3H3. The summed E-state index contributed by atoms with van der Waals surface area (Å²) in [7, 11) is -1.34. The van der Waals surface area contributed by atoms with E-state index < -0.39 is 9.84 Å². The van der Waals surface area contributed by atoms with E-state index in [0.717, 1.165) is 30.6 Å². The molecular weight excluding hydrogens is 274 g/mol. The molecule has 4 nitrogen and oxygen atoms in total. The number of methoxy groups -OCH3 is 1. The van der Waals surface area contributed by atoms with Gasteiger partial charge in [-0.25, -0.2) is 8.42 Å². The van der Waals surface area contributed by atoms with E-state index in [9.17, 15) is 8.42 Å². The van der Waals surface area contributed by atoms with Crippen molar-refractivity contribution < 1.29 is 13.2 Å². The van der Waals surface area contributed by atoms with E-state index in [-0.39, 0.29) is 17.3 Å². The number of rotatable bonds is 5. The summed E-state index contributed by atoms with van der Waals surface area (Å²) in [6.07, 6.45) is 3.98. The van der Waals surface area contributed by atoms with E-state index >= 15 is 0 Å². The lowest BCUT2D eigenvalue weighted by Crippen LogP contribution is -2.41. The largest absolute Gasteiger partial charge is 0.496 e. The maximum absolute atomic E-state index is 11.8. The van der Waals surface area contributed by atoms with Crippen molar-refractivity contribution in [3.63, 3.8) is 0 Å². The van der Waals surface area contributed by atoms with Gasteiger partial charge >= 0.3 is 0 Å². The second kappa shape index (κ2) is 6.14. The number of sulfone groups is 1. The van der Waals surface area contributed by atoms with Gasteiger partial charge in [-0.15, -0.1) is 0 Å². The Balaban J connectivity index is 2.13. The van der Waals surface area contributed by atoms with Crippen molar-refractivity contribution in [2.45, 2.75) is 43.5 Å². The van der Waals surface area contributed by atoms with Crippen molar-refractivity contribution in [3.05, 3.63) is 29.8 Å². The Labute approximate surface area is 121 Å². The normalized spacial score (nSPS) is 24.6. The maximum atomic E-state index is 11.8. The smallest absolute Gasteiger partial charge is 0.151 e. The van der Waals surface area contributed by atoms with Crippen molar-refractivity contribution in [1.82, 2.24) is 5.32 Å². The molecule has 1 aliphatic carbocycles. The van der Waals surface area contributed by atoms with Crippen LogP contribution in [0.15, 0.2) is 24.3 Å². The predicted molar refractivity (Wildman–Crippen MR) is 80.8 cm³/mol. The molecule has 0 radical (unpaired) electrons. The summed E-state index contributed by atoms with van der Waals surface area (Å²) in [5.41, 5.74) is 1.06. The third kappa shape index (κ3) is 3.33. The predicted octanol–water partition coefficient (Wildman–Crippen LogP) is 2.31. The van der Waals surface area contributed by atoms with Crippen molar-refractivity contribution >= 4 is 9.84 Å². The first-order valence-electron chi connectivity index (χ1n) is 7.01. The highest BCUT2D eigenvalue weighted by atomic mass is 32.2. The molecular formula is C15H23NO3S. The van der Waals surface area contributed by atoms with Gasteiger partial charge in [-0.1, -0.05) is 24.6 Å². The fraction of sp³-hybridized carbons (Fsp3) is 0.600. The molecule has 5 heteroatoms. The summed E-state index contributed by atoms with van der Waals surface area (Å²) >= 11 is 0. The van der Waals surface area contributed by atoms with Gasteiger partial charge in [0.2, 0.25) is 0 Å². The number of hydrogen-bond donors (Lipinski definition) is 1. The molecule has 1 saturated carbocycles. The van der Waals surface area contributed by atoms with Crippen LogP contribution in [-0.2, 0) is 9.84 Å². The summed E-state index contributed by atoms with van der Waals surface area (Å²) < 4.78 is 29.0. The van der Waals surface area contributed by atoms with Gasteiger partial charge in [0.05, 0.1) is 12.4 Å². The molecule has 3 unspecified atom stereocenters. The fourth-order valence-corrected chi connectivity index (χ4v) is 4.47. The maximum Gasteiger partial charge on any atom is 0.151 e. The Bertz CT molecular complexity index is 556. The third-order valence-electron chi connectivity index (χ3n) is 4.07. The Morgan fingerprint density at radius 2 is 2.00 bits per heavy atom. The Hall–Kier alpha value is -1.07. The molecule has 0 aromatic heterocycles. The third-order valence-corrected chi connectivity index (χ3v) is 5.74. The first-order valence-corrected chi connectivity index (χ1v) is 8.96. The van der Waals surface area contributed by atoms with Crippen LogP contribution < -0.4 is 10.1 Å². The Morgan fingerprint density at radius 1 is 1.30 bits per heavy atom. The molecule has 2 rings (SSSR count). The Morgan fingerprint density at radius 3 is 2.65 bits per heavy atom. The van der Waals surface area contributed by atoms with E-state index in [1.807, 2.05) is 24.3 Å². The van der Waals surface area contributed by atoms with Crippen molar-refractivity contribution in [3.8, 4) is 5.75 Å². The van der Waals surface area contributed by atoms with E-state index in [0.29, 0.717) is 0 Å². The van der Waals surface area contributed by atoms with E-state index in [2.05, 4.69) is 12.2 Å². The first kappa shape index (κ1) is 15.3. The number of benzene rings is 1. The molecule has 1 aliphatic rings. The van der Waals surface area contributed by atoms with Crippen LogP contribution in [0.2, 0.25) is 0 Å². The molecule has 0 bridgehead atoms. The lowest BCUT2D eigenvalue weighted by Gasteiger charge is -2.25. The van der Waals surface area contributed by atoms with Crippen LogP contribution in [0, 0.1) is 0 Å². The van der Waals surface area contributed by atoms with Gasteiger partial charge in [0, 0.05) is 23.9 Å². The van der Waals surface area contributed by atoms with E-state index in [4.69, 9.17) is 4.74 Å². The van der Waals surface area contributed by atoms with E-state index in [1.54, 1.807) is 7.11 Å². The number of ether oxygens (including phenoxy) is 1. The first-order chi connectivity index (χ1) is 9.43. The van der Waals surface area contributed by atoms with Gasteiger partial charge < -0.3 is 10.1 Å². The van der Waals surface area contributed by atoms with Crippen LogP contribution in [0.4, 0.5) is 0 Å². The summed E-state index contributed by atoms with van der Waals surface area (Å²) in [4.78, 5) is 0. The van der Waals surface area contributed by atoms with Crippen LogP contribution >= 0.6 is 0 Å². The molecule has 3 atom stereocenters. The van der Waals surface area contributed by atoms with Gasteiger partial charge in [0.25, 0.3) is 0 Å². The monoisotopic (exact) mass is 297 g/mol. The zero-order valence-corrected chi connectivity index (χ0v) is 13.1. The molecule has 112 valence electrons. The molecule has 1 aromatic carbocycles. The van der Waals surface area contributed by atoms with Crippen LogP contribution in [0.5, 0.6) is 5.75 Å². The molecule has 0 saturated heterocycles. The number of nitrogens with one attached hydrogen (secondary N) is 1. The van der Waals surface area contributed by atoms with Gasteiger partial charge in [-0.05, 0) is 25.8 Å². The second-order valence-corrected chi connectivity index (χ2v) is 7.80. The summed E-state index contributed by atoms with van der Waals surface area (Å²) in [6.45, 7) is 2.05. The molecule has 1 N–H and O–H groups in total. The van der Waals surface area contributed by atoms with Crippen LogP contribution in [-0.4, -0.2) is 33.1 Å². The number of hydrogen-bond acceptors (Lipinski definition) is 4. The quantitative estimate of drug-likeness (QED) is 0.906. The molecule has 1 aromatic rings. The molecule has 0 heterocycles. The fourth-order valence-electron chi connectivity index (χ4n) is 3.06. The average molecular weight is 297 g/mol. The summed E-state index contributed by atoms with van der Waals surface area (Å²) in [6, 6.07) is 7.95. The van der Waals surface area contributed by atoms with Gasteiger partial charge in [-0.2, -0.15) is 0 Å². The van der Waals surface area contributed by atoms with Gasteiger partial charge in [0.1, 0.15) is 5.75 Å². The van der Waals surface area contributed by atoms with E-state index in [1.165, 1.54) is 6.26 Å². The van der Waals surface area contributed by atoms with Gasteiger partial charge in [-0.3, -0.25) is 0 Å². The second-order valence-electron chi connectivity index (χ2n) is 5.54. The minimum atomic E-state index is -2.99. The molecule has 0 amide bonds. The van der Waals surface area contributed by atoms with Crippen molar-refractivity contribution in [1.29, 1.82) is 0 Å². The summed E-state index contributed by atoms with van der Waals surface area (Å²) in [5, 5.41) is 3.20. The van der Waals surface area contributed by atoms with Crippen LogP contribution in [0.3, 0.4) is 0 Å². The molecule has 1 fully saturated rings. The highest BCUT2D eigenvalue weighted by Gasteiger charge is 2.35. The lowest BCUT2D eigenvalue weighted by atomic mass is 10.1. The zero-order chi connectivity index (χ0) is 14.8. The topological polar surface area (TPSA) is 55.4 Å². The van der Waals surface area contributed by atoms with Crippen LogP contribution in [0.1, 0.15) is 37.8 Å². The molecule has 0 spiro atoms. The molecule has 0 aliphatic heterocycles. The van der Waals surface area contributed by atoms with Crippen LogP contribution in [0.25, 0.3) is 0 Å². The average Bonchev–Trinajstić information content (AvgIpc) is 2.86. The molecule has 20 heavy (non-hydrogen) atoms. The lowest BCUT2D eigenvalue weighted by molar-refractivity contribution is 0.393. The Kier molecular flexibility index (Phi) is 4.70. The minimum Gasteiger partial charge on any atom is -0.496 e. The van der Waals surface area contributed by atoms with Crippen molar-refractivity contribution in [2.75, 3.05) is 13.4 Å². The zero-order valence-electron chi connectivity index (χ0n) is 12.3. The summed E-state index contributed by atoms with van der Waals surface area (Å²) in [5.74, 6) is 0.835. The SMILES string of the molecule is COc1ccccc1C(C)NC1CCCC1S(C)(=O)=O. The minimum absolute atomic E-state index is 0.0323. The highest BCUT2D eigenvalue weighted by Crippen LogP contribution is 2.30. The highest BCUT2D eigenvalue weighted by molar-refractivity contribution is 7.91. The van der Waals surface area contributed by atoms with Gasteiger partial charge in [0.15, 0.2) is 9.84 Å². The number of para-hydroxylation sites is 1. The van der Waals surface area contributed by atoms with Crippen molar-refractivity contribution in [2.24, 2.45) is 0 Å².